The molecule has 0 saturated heterocycles. The SMILES string of the molecule is COC(=O)[C@H]1Cc2nc[nH]c2CN1C(=O)c1cc2n(n1)CCN(C)C2. The van der Waals surface area contributed by atoms with Gasteiger partial charge in [-0.1, -0.05) is 0 Å². The normalized spacial score (nSPS) is 20.1. The molecule has 0 saturated carbocycles. The van der Waals surface area contributed by atoms with Gasteiger partial charge in [0.2, 0.25) is 0 Å². The van der Waals surface area contributed by atoms with Crippen LogP contribution in [-0.2, 0) is 35.6 Å². The molecule has 0 fully saturated rings. The summed E-state index contributed by atoms with van der Waals surface area (Å²) in [6.45, 7) is 2.69. The molecule has 2 aliphatic heterocycles. The second kappa shape index (κ2) is 5.99. The lowest BCUT2D eigenvalue weighted by molar-refractivity contribution is -0.146. The van der Waals surface area contributed by atoms with E-state index in [4.69, 9.17) is 4.74 Å². The number of aromatic nitrogens is 4. The Kier molecular flexibility index (Phi) is 3.79. The molecule has 0 bridgehead atoms. The number of rotatable bonds is 2. The van der Waals surface area contributed by atoms with E-state index in [1.54, 1.807) is 6.33 Å². The van der Waals surface area contributed by atoms with E-state index in [1.807, 2.05) is 17.8 Å². The van der Waals surface area contributed by atoms with Gasteiger partial charge in [-0.05, 0) is 13.1 Å². The van der Waals surface area contributed by atoms with Gasteiger partial charge in [0.15, 0.2) is 5.69 Å². The van der Waals surface area contributed by atoms with E-state index in [2.05, 4.69) is 20.0 Å². The van der Waals surface area contributed by atoms with Crippen molar-refractivity contribution in [3.05, 3.63) is 35.2 Å². The van der Waals surface area contributed by atoms with Crippen LogP contribution in [0.25, 0.3) is 0 Å². The molecule has 0 aliphatic carbocycles. The molecule has 0 unspecified atom stereocenters. The quantitative estimate of drug-likeness (QED) is 0.758. The third-order valence-electron chi connectivity index (χ3n) is 4.84. The zero-order chi connectivity index (χ0) is 17.6. The van der Waals surface area contributed by atoms with Crippen molar-refractivity contribution in [2.45, 2.75) is 32.1 Å². The highest BCUT2D eigenvalue weighted by atomic mass is 16.5. The van der Waals surface area contributed by atoms with Crippen LogP contribution < -0.4 is 0 Å². The Labute approximate surface area is 144 Å². The third kappa shape index (κ3) is 2.70. The fraction of sp³-hybridized carbons (Fsp3) is 0.500. The van der Waals surface area contributed by atoms with Crippen molar-refractivity contribution in [3.8, 4) is 0 Å². The third-order valence-corrected chi connectivity index (χ3v) is 4.84. The van der Waals surface area contributed by atoms with Crippen LogP contribution in [0.15, 0.2) is 12.4 Å². The molecule has 132 valence electrons. The van der Waals surface area contributed by atoms with Crippen molar-refractivity contribution in [2.24, 2.45) is 0 Å². The molecule has 0 spiro atoms. The van der Waals surface area contributed by atoms with Crippen molar-refractivity contribution >= 4 is 11.9 Å². The van der Waals surface area contributed by atoms with Crippen LogP contribution in [0.4, 0.5) is 0 Å². The average molecular weight is 344 g/mol. The molecule has 2 aromatic heterocycles. The van der Waals surface area contributed by atoms with E-state index < -0.39 is 12.0 Å². The van der Waals surface area contributed by atoms with E-state index in [-0.39, 0.29) is 12.5 Å². The van der Waals surface area contributed by atoms with Crippen molar-refractivity contribution in [2.75, 3.05) is 20.7 Å². The molecule has 4 rings (SSSR count). The summed E-state index contributed by atoms with van der Waals surface area (Å²) in [7, 11) is 3.37. The zero-order valence-electron chi connectivity index (χ0n) is 14.2. The maximum absolute atomic E-state index is 13.1. The maximum atomic E-state index is 13.1. The van der Waals surface area contributed by atoms with E-state index in [9.17, 15) is 9.59 Å². The van der Waals surface area contributed by atoms with Gasteiger partial charge in [0.05, 0.1) is 43.6 Å². The van der Waals surface area contributed by atoms with Crippen molar-refractivity contribution < 1.29 is 14.3 Å². The second-order valence-corrected chi connectivity index (χ2v) is 6.49. The molecule has 0 aromatic carbocycles. The number of ether oxygens (including phenoxy) is 1. The summed E-state index contributed by atoms with van der Waals surface area (Å²) in [5.41, 5.74) is 3.01. The number of imidazole rings is 1. The fourth-order valence-electron chi connectivity index (χ4n) is 3.44. The van der Waals surface area contributed by atoms with Gasteiger partial charge in [-0.15, -0.1) is 0 Å². The minimum absolute atomic E-state index is 0.264. The monoisotopic (exact) mass is 344 g/mol. The van der Waals surface area contributed by atoms with Crippen molar-refractivity contribution in [1.82, 2.24) is 29.5 Å². The lowest BCUT2D eigenvalue weighted by atomic mass is 10.0. The van der Waals surface area contributed by atoms with E-state index in [0.29, 0.717) is 12.1 Å². The van der Waals surface area contributed by atoms with Crippen LogP contribution in [0, 0.1) is 0 Å². The molecule has 9 heteroatoms. The number of carbonyl (C=O) groups excluding carboxylic acids is 2. The summed E-state index contributed by atoms with van der Waals surface area (Å²) in [4.78, 5) is 36.2. The largest absolute Gasteiger partial charge is 0.467 e. The van der Waals surface area contributed by atoms with Crippen LogP contribution in [0.2, 0.25) is 0 Å². The van der Waals surface area contributed by atoms with Crippen LogP contribution in [-0.4, -0.2) is 68.2 Å². The van der Waals surface area contributed by atoms with Gasteiger partial charge in [0.1, 0.15) is 6.04 Å². The number of nitrogens with zero attached hydrogens (tertiary/aromatic N) is 5. The number of fused-ring (bicyclic) bond motifs is 2. The summed E-state index contributed by atoms with van der Waals surface area (Å²) >= 11 is 0. The van der Waals surface area contributed by atoms with E-state index >= 15 is 0 Å². The molecule has 2 aromatic rings. The molecule has 1 N–H and O–H groups in total. The lowest BCUT2D eigenvalue weighted by Gasteiger charge is -2.32. The highest BCUT2D eigenvalue weighted by Gasteiger charge is 2.38. The molecule has 1 amide bonds. The first-order valence-corrected chi connectivity index (χ1v) is 8.22. The number of hydrogen-bond donors (Lipinski definition) is 1. The van der Waals surface area contributed by atoms with Gasteiger partial charge in [-0.3, -0.25) is 14.4 Å². The van der Waals surface area contributed by atoms with Gasteiger partial charge in [0, 0.05) is 19.5 Å². The highest BCUT2D eigenvalue weighted by Crippen LogP contribution is 2.24. The maximum Gasteiger partial charge on any atom is 0.329 e. The molecule has 2 aliphatic rings. The van der Waals surface area contributed by atoms with Gasteiger partial charge < -0.3 is 14.6 Å². The molecular weight excluding hydrogens is 324 g/mol. The Bertz CT molecular complexity index is 826. The second-order valence-electron chi connectivity index (χ2n) is 6.49. The Balaban J connectivity index is 1.64. The standard InChI is InChI=1S/C16H20N6O3/c1-20-3-4-22-10(7-20)5-12(19-22)15(23)21-8-13-11(17-9-18-13)6-14(21)16(24)25-2/h5,9,14H,3-4,6-8H2,1-2H3,(H,17,18)/t14-/m1/s1. The Morgan fingerprint density at radius 1 is 1.32 bits per heavy atom. The highest BCUT2D eigenvalue weighted by molar-refractivity contribution is 5.95. The topological polar surface area (TPSA) is 96.3 Å². The first-order valence-electron chi connectivity index (χ1n) is 8.22. The molecular formula is C16H20N6O3. The minimum Gasteiger partial charge on any atom is -0.467 e. The molecule has 25 heavy (non-hydrogen) atoms. The summed E-state index contributed by atoms with van der Waals surface area (Å²) < 4.78 is 6.76. The van der Waals surface area contributed by atoms with Crippen LogP contribution in [0.5, 0.6) is 0 Å². The first kappa shape index (κ1) is 15.8. The summed E-state index contributed by atoms with van der Waals surface area (Å²) in [6.07, 6.45) is 1.92. The number of hydrogen-bond acceptors (Lipinski definition) is 6. The Morgan fingerprint density at radius 3 is 2.96 bits per heavy atom. The van der Waals surface area contributed by atoms with Crippen LogP contribution in [0.3, 0.4) is 0 Å². The minimum atomic E-state index is -0.685. The Morgan fingerprint density at radius 2 is 2.16 bits per heavy atom. The summed E-state index contributed by atoms with van der Waals surface area (Å²) in [5.74, 6) is -0.703. The van der Waals surface area contributed by atoms with Gasteiger partial charge >= 0.3 is 5.97 Å². The smallest absolute Gasteiger partial charge is 0.329 e. The van der Waals surface area contributed by atoms with Gasteiger partial charge in [0.25, 0.3) is 5.91 Å². The predicted molar refractivity (Wildman–Crippen MR) is 86.5 cm³/mol. The Hall–Kier alpha value is -2.68. The lowest BCUT2D eigenvalue weighted by Crippen LogP contribution is -2.49. The van der Waals surface area contributed by atoms with Crippen LogP contribution in [0.1, 0.15) is 27.6 Å². The average Bonchev–Trinajstić information content (AvgIpc) is 3.24. The van der Waals surface area contributed by atoms with Gasteiger partial charge in [-0.2, -0.15) is 5.10 Å². The fourth-order valence-corrected chi connectivity index (χ4v) is 3.44. The molecule has 4 heterocycles. The number of nitrogens with one attached hydrogen (secondary N) is 1. The zero-order valence-corrected chi connectivity index (χ0v) is 14.2. The molecule has 0 radical (unpaired) electrons. The van der Waals surface area contributed by atoms with Crippen molar-refractivity contribution in [3.63, 3.8) is 0 Å². The molecule has 9 nitrogen and oxygen atoms in total. The number of H-pyrrole nitrogens is 1. The van der Waals surface area contributed by atoms with Crippen molar-refractivity contribution in [1.29, 1.82) is 0 Å². The van der Waals surface area contributed by atoms with E-state index in [0.717, 1.165) is 36.7 Å². The predicted octanol–water partition coefficient (Wildman–Crippen LogP) is -0.208. The number of esters is 1. The number of likely N-dealkylation sites (N-methyl/N-ethyl adjacent to an activating group) is 1. The molecule has 1 atom stereocenters. The summed E-state index contributed by atoms with van der Waals surface area (Å²) in [5, 5.41) is 4.44. The van der Waals surface area contributed by atoms with Crippen LogP contribution >= 0.6 is 0 Å². The number of aromatic amines is 1. The van der Waals surface area contributed by atoms with Gasteiger partial charge in [-0.25, -0.2) is 9.78 Å². The number of methoxy groups -OCH3 is 1. The number of amides is 1. The van der Waals surface area contributed by atoms with E-state index in [1.165, 1.54) is 12.0 Å². The first-order chi connectivity index (χ1) is 12.1. The summed E-state index contributed by atoms with van der Waals surface area (Å²) in [6, 6.07) is 1.13. The number of carbonyl (C=O) groups is 2.